The molecule has 1 spiro atoms. The third-order valence-corrected chi connectivity index (χ3v) is 7.84. The van der Waals surface area contributed by atoms with Crippen LogP contribution in [-0.2, 0) is 15.8 Å². The summed E-state index contributed by atoms with van der Waals surface area (Å²) >= 11 is 0. The maximum Gasteiger partial charge on any atom is 0.417 e. The quantitative estimate of drug-likeness (QED) is 0.660. The van der Waals surface area contributed by atoms with Gasteiger partial charge in [-0.2, -0.15) is 18.4 Å². The van der Waals surface area contributed by atoms with Gasteiger partial charge in [-0.05, 0) is 55.7 Å². The molecule has 1 saturated carbocycles. The molecule has 34 heavy (non-hydrogen) atoms. The lowest BCUT2D eigenvalue weighted by Gasteiger charge is -2.40. The topological polar surface area (TPSA) is 67.7 Å². The van der Waals surface area contributed by atoms with Crippen molar-refractivity contribution in [2.24, 2.45) is 11.3 Å². The van der Waals surface area contributed by atoms with Crippen LogP contribution in [0.25, 0.3) is 0 Å². The number of rotatable bonds is 3. The summed E-state index contributed by atoms with van der Waals surface area (Å²) in [7, 11) is 3.29. The lowest BCUT2D eigenvalue weighted by Crippen LogP contribution is -2.46. The highest BCUT2D eigenvalue weighted by Gasteiger charge is 2.49. The van der Waals surface area contributed by atoms with Crippen LogP contribution in [-0.4, -0.2) is 61.4 Å². The summed E-state index contributed by atoms with van der Waals surface area (Å²) < 4.78 is 40.8. The van der Waals surface area contributed by atoms with Gasteiger partial charge in [0.1, 0.15) is 6.04 Å². The molecule has 2 heterocycles. The van der Waals surface area contributed by atoms with Crippen LogP contribution in [0.4, 0.5) is 18.9 Å². The van der Waals surface area contributed by atoms with Gasteiger partial charge in [-0.1, -0.05) is 12.8 Å². The number of alkyl halides is 3. The Bertz CT molecular complexity index is 987. The molecule has 1 aromatic rings. The van der Waals surface area contributed by atoms with Gasteiger partial charge in [0.15, 0.2) is 0 Å². The van der Waals surface area contributed by atoms with Crippen molar-refractivity contribution in [1.82, 2.24) is 9.80 Å². The minimum absolute atomic E-state index is 0.122. The van der Waals surface area contributed by atoms with E-state index in [9.17, 15) is 22.8 Å². The Hall–Kier alpha value is -2.76. The fraction of sp³-hybridized carbons (Fsp3) is 0.640. The number of halogens is 3. The zero-order valence-electron chi connectivity index (χ0n) is 19.7. The monoisotopic (exact) mass is 476 g/mol. The van der Waals surface area contributed by atoms with E-state index in [0.29, 0.717) is 31.7 Å². The highest BCUT2D eigenvalue weighted by molar-refractivity contribution is 5.86. The molecule has 3 aliphatic rings. The fourth-order valence-corrected chi connectivity index (χ4v) is 5.88. The smallest absolute Gasteiger partial charge is 0.359 e. The Morgan fingerprint density at radius 2 is 1.79 bits per heavy atom. The molecule has 4 rings (SSSR count). The molecule has 3 fully saturated rings. The number of carbonyl (C=O) groups is 2. The summed E-state index contributed by atoms with van der Waals surface area (Å²) in [6, 6.07) is 4.71. The van der Waals surface area contributed by atoms with Crippen LogP contribution in [0.2, 0.25) is 0 Å². The molecule has 184 valence electrons. The van der Waals surface area contributed by atoms with Crippen molar-refractivity contribution in [3.05, 3.63) is 29.3 Å². The molecule has 2 saturated heterocycles. The van der Waals surface area contributed by atoms with Crippen LogP contribution < -0.4 is 4.90 Å². The number of nitrogens with zero attached hydrogens (tertiary/aromatic N) is 4. The van der Waals surface area contributed by atoms with Crippen LogP contribution in [0, 0.1) is 22.7 Å². The number of anilines is 1. The standard InChI is InChI=1S/C25H31F3N4O2/c1-30(2)23(34)21-14-24(9-11-31(12-10-24)22(33)17-5-3-4-6-17)16-32(21)19-8-7-18(15-29)20(13-19)25(26,27)28/h7-8,13,17,21H,3-6,9-12,14,16H2,1-2H3. The molecule has 0 N–H and O–H groups in total. The second-order valence-electron chi connectivity index (χ2n) is 10.2. The number of likely N-dealkylation sites (N-methyl/N-ethyl adjacent to an activating group) is 1. The first-order valence-electron chi connectivity index (χ1n) is 11.9. The molecule has 2 aliphatic heterocycles. The van der Waals surface area contributed by atoms with Gasteiger partial charge in [-0.25, -0.2) is 0 Å². The molecule has 0 radical (unpaired) electrons. The average molecular weight is 477 g/mol. The number of nitriles is 1. The number of hydrogen-bond acceptors (Lipinski definition) is 4. The van der Waals surface area contributed by atoms with E-state index in [1.54, 1.807) is 25.1 Å². The minimum atomic E-state index is -4.66. The van der Waals surface area contributed by atoms with E-state index < -0.39 is 23.3 Å². The molecule has 0 aromatic heterocycles. The molecule has 1 aliphatic carbocycles. The number of piperidine rings is 1. The largest absolute Gasteiger partial charge is 0.417 e. The summed E-state index contributed by atoms with van der Waals surface area (Å²) in [5, 5.41) is 9.14. The van der Waals surface area contributed by atoms with Crippen LogP contribution in [0.15, 0.2) is 18.2 Å². The fourth-order valence-electron chi connectivity index (χ4n) is 5.88. The van der Waals surface area contributed by atoms with E-state index >= 15 is 0 Å². The number of likely N-dealkylation sites (tertiary alicyclic amines) is 1. The summed E-state index contributed by atoms with van der Waals surface area (Å²) in [5.74, 6) is 0.195. The Balaban J connectivity index is 1.58. The first-order chi connectivity index (χ1) is 16.0. The molecule has 9 heteroatoms. The van der Waals surface area contributed by atoms with Gasteiger partial charge < -0.3 is 14.7 Å². The highest BCUT2D eigenvalue weighted by atomic mass is 19.4. The van der Waals surface area contributed by atoms with Crippen molar-refractivity contribution in [2.45, 2.75) is 57.2 Å². The molecule has 1 atom stereocenters. The molecule has 2 amide bonds. The number of hydrogen-bond donors (Lipinski definition) is 0. The van der Waals surface area contributed by atoms with Gasteiger partial charge in [0, 0.05) is 45.3 Å². The maximum atomic E-state index is 13.6. The lowest BCUT2D eigenvalue weighted by molar-refractivity contribution is -0.138. The van der Waals surface area contributed by atoms with Crippen molar-refractivity contribution in [1.29, 1.82) is 5.26 Å². The second-order valence-corrected chi connectivity index (χ2v) is 10.2. The van der Waals surface area contributed by atoms with E-state index in [0.717, 1.165) is 44.6 Å². The van der Waals surface area contributed by atoms with Gasteiger partial charge >= 0.3 is 6.18 Å². The minimum Gasteiger partial charge on any atom is -0.359 e. The van der Waals surface area contributed by atoms with Crippen LogP contribution in [0.3, 0.4) is 0 Å². The van der Waals surface area contributed by atoms with Gasteiger partial charge in [-0.3, -0.25) is 9.59 Å². The lowest BCUT2D eigenvalue weighted by atomic mass is 9.76. The van der Waals surface area contributed by atoms with E-state index in [4.69, 9.17) is 5.26 Å². The van der Waals surface area contributed by atoms with E-state index in [1.807, 2.05) is 4.90 Å². The second kappa shape index (κ2) is 9.12. The third-order valence-electron chi connectivity index (χ3n) is 7.84. The van der Waals surface area contributed by atoms with Gasteiger partial charge in [-0.15, -0.1) is 0 Å². The number of carbonyl (C=O) groups excluding carboxylic acids is 2. The van der Waals surface area contributed by atoms with Crippen LogP contribution >= 0.6 is 0 Å². The van der Waals surface area contributed by atoms with Crippen molar-refractivity contribution >= 4 is 17.5 Å². The van der Waals surface area contributed by atoms with Crippen LogP contribution in [0.5, 0.6) is 0 Å². The predicted molar refractivity (Wildman–Crippen MR) is 121 cm³/mol. The van der Waals surface area contributed by atoms with Crippen molar-refractivity contribution in [3.63, 3.8) is 0 Å². The first kappa shape index (κ1) is 24.4. The maximum absolute atomic E-state index is 13.6. The SMILES string of the molecule is CN(C)C(=O)C1CC2(CCN(C(=O)C3CCCC3)CC2)CN1c1ccc(C#N)c(C(F)(F)F)c1. The van der Waals surface area contributed by atoms with Gasteiger partial charge in [0.2, 0.25) is 11.8 Å². The summed E-state index contributed by atoms with van der Waals surface area (Å²) in [5.41, 5.74) is -1.36. The third kappa shape index (κ3) is 4.59. The van der Waals surface area contributed by atoms with Crippen molar-refractivity contribution < 1.29 is 22.8 Å². The molecule has 1 aromatic carbocycles. The van der Waals surface area contributed by atoms with Crippen LogP contribution in [0.1, 0.15) is 56.1 Å². The Kier molecular flexibility index (Phi) is 6.54. The summed E-state index contributed by atoms with van der Waals surface area (Å²) in [6.07, 6.45) is 1.43. The average Bonchev–Trinajstić information content (AvgIpc) is 3.46. The van der Waals surface area contributed by atoms with Gasteiger partial charge in [0.05, 0.1) is 17.2 Å². The molecule has 0 bridgehead atoms. The number of benzene rings is 1. The molecular formula is C25H31F3N4O2. The molecule has 6 nitrogen and oxygen atoms in total. The zero-order chi connectivity index (χ0) is 24.7. The Morgan fingerprint density at radius 3 is 2.35 bits per heavy atom. The van der Waals surface area contributed by atoms with E-state index in [2.05, 4.69) is 0 Å². The van der Waals surface area contributed by atoms with E-state index in [-0.39, 0.29) is 23.1 Å². The Labute approximate surface area is 198 Å². The molecule has 1 unspecified atom stereocenters. The predicted octanol–water partition coefficient (Wildman–Crippen LogP) is 4.04. The summed E-state index contributed by atoms with van der Waals surface area (Å²) in [4.78, 5) is 31.1. The first-order valence-corrected chi connectivity index (χ1v) is 11.9. The normalized spacial score (nSPS) is 22.8. The zero-order valence-corrected chi connectivity index (χ0v) is 19.7. The Morgan fingerprint density at radius 1 is 1.15 bits per heavy atom. The van der Waals surface area contributed by atoms with Crippen molar-refractivity contribution in [2.75, 3.05) is 38.6 Å². The molecular weight excluding hydrogens is 445 g/mol. The number of amides is 2. The summed E-state index contributed by atoms with van der Waals surface area (Å²) in [6.45, 7) is 1.69. The highest BCUT2D eigenvalue weighted by Crippen LogP contribution is 2.47. The van der Waals surface area contributed by atoms with Gasteiger partial charge in [0.25, 0.3) is 0 Å². The van der Waals surface area contributed by atoms with E-state index in [1.165, 1.54) is 17.0 Å². The van der Waals surface area contributed by atoms with Crippen molar-refractivity contribution in [3.8, 4) is 6.07 Å².